The first-order valence-electron chi connectivity index (χ1n) is 9.70. The molecule has 1 aromatic heterocycles. The van der Waals surface area contributed by atoms with Crippen molar-refractivity contribution in [3.05, 3.63) is 99.6 Å². The summed E-state index contributed by atoms with van der Waals surface area (Å²) in [5.41, 5.74) is 0.984. The lowest BCUT2D eigenvalue weighted by atomic mass is 9.86. The Morgan fingerprint density at radius 1 is 0.897 bits per heavy atom. The maximum Gasteiger partial charge on any atom is 0.343 e. The molecule has 3 aromatic rings. The van der Waals surface area contributed by atoms with Crippen molar-refractivity contribution in [2.24, 2.45) is 0 Å². The molecule has 4 atom stereocenters. The van der Waals surface area contributed by atoms with Gasteiger partial charge in [-0.3, -0.25) is 0 Å². The Morgan fingerprint density at radius 2 is 1.48 bits per heavy atom. The zero-order chi connectivity index (χ0) is 21.0. The van der Waals surface area contributed by atoms with Crippen LogP contribution in [0, 0.1) is 0 Å². The van der Waals surface area contributed by atoms with Crippen LogP contribution in [0.5, 0.6) is 5.75 Å². The normalized spacial score (nSPS) is 15.4. The number of benzene rings is 2. The summed E-state index contributed by atoms with van der Waals surface area (Å²) in [7, 11) is 0. The van der Waals surface area contributed by atoms with Crippen LogP contribution in [0.3, 0.4) is 0 Å². The molecule has 1 heterocycles. The maximum absolute atomic E-state index is 12.8. The van der Waals surface area contributed by atoms with E-state index in [4.69, 9.17) is 4.42 Å². The largest absolute Gasteiger partial charge is 0.507 e. The molecule has 0 saturated heterocycles. The minimum absolute atomic E-state index is 0.0130. The summed E-state index contributed by atoms with van der Waals surface area (Å²) in [6.45, 7) is 3.19. The van der Waals surface area contributed by atoms with E-state index >= 15 is 0 Å². The van der Waals surface area contributed by atoms with Crippen LogP contribution in [0.15, 0.2) is 75.9 Å². The first-order chi connectivity index (χ1) is 13.9. The topological polar surface area (TPSA) is 90.9 Å². The summed E-state index contributed by atoms with van der Waals surface area (Å²) < 4.78 is 5.55. The average molecular weight is 394 g/mol. The molecule has 3 rings (SSSR count). The van der Waals surface area contributed by atoms with Crippen LogP contribution in [0.2, 0.25) is 0 Å². The molecule has 29 heavy (non-hydrogen) atoms. The summed E-state index contributed by atoms with van der Waals surface area (Å²) in [4.78, 5) is 12.8. The standard InChI is InChI=1S/C24H26O5/c1-15(25)19(13-17-9-5-3-6-10-17)21-14-20(27)23(24(28)29-21)22(16(2)26)18-11-7-4-8-12-18/h3-12,14-16,19,22,25-27H,13H2,1-2H3/t15-,16-,19?,22?/m0/s1. The van der Waals surface area contributed by atoms with Crippen molar-refractivity contribution in [2.45, 2.75) is 44.3 Å². The lowest BCUT2D eigenvalue weighted by Crippen LogP contribution is -2.25. The zero-order valence-electron chi connectivity index (χ0n) is 16.5. The third-order valence-corrected chi connectivity index (χ3v) is 5.18. The van der Waals surface area contributed by atoms with Crippen molar-refractivity contribution in [3.63, 3.8) is 0 Å². The Labute approximate surface area is 169 Å². The molecule has 0 fully saturated rings. The molecule has 5 nitrogen and oxygen atoms in total. The van der Waals surface area contributed by atoms with E-state index < -0.39 is 29.7 Å². The third kappa shape index (κ3) is 4.75. The van der Waals surface area contributed by atoms with Gasteiger partial charge in [-0.25, -0.2) is 4.79 Å². The second-order valence-electron chi connectivity index (χ2n) is 7.40. The fourth-order valence-corrected chi connectivity index (χ4v) is 3.70. The first kappa shape index (κ1) is 20.8. The van der Waals surface area contributed by atoms with Crippen LogP contribution in [0.25, 0.3) is 0 Å². The Morgan fingerprint density at radius 3 is 2.00 bits per heavy atom. The number of hydrogen-bond donors (Lipinski definition) is 3. The van der Waals surface area contributed by atoms with Crippen molar-refractivity contribution in [1.29, 1.82) is 0 Å². The summed E-state index contributed by atoms with van der Waals surface area (Å²) >= 11 is 0. The van der Waals surface area contributed by atoms with E-state index in [1.54, 1.807) is 38.1 Å². The summed E-state index contributed by atoms with van der Waals surface area (Å²) in [6, 6.07) is 20.0. The monoisotopic (exact) mass is 394 g/mol. The van der Waals surface area contributed by atoms with Gasteiger partial charge in [0.05, 0.1) is 17.8 Å². The van der Waals surface area contributed by atoms with E-state index in [1.165, 1.54) is 6.07 Å². The van der Waals surface area contributed by atoms with Gasteiger partial charge in [0.1, 0.15) is 11.5 Å². The fourth-order valence-electron chi connectivity index (χ4n) is 3.70. The molecule has 5 heteroatoms. The van der Waals surface area contributed by atoms with Crippen LogP contribution >= 0.6 is 0 Å². The number of aliphatic hydroxyl groups is 2. The molecule has 0 aliphatic carbocycles. The van der Waals surface area contributed by atoms with E-state index in [0.29, 0.717) is 12.0 Å². The molecule has 3 N–H and O–H groups in total. The zero-order valence-corrected chi connectivity index (χ0v) is 16.5. The third-order valence-electron chi connectivity index (χ3n) is 5.18. The summed E-state index contributed by atoms with van der Waals surface area (Å²) in [5, 5.41) is 31.3. The van der Waals surface area contributed by atoms with Crippen LogP contribution in [-0.4, -0.2) is 27.5 Å². The minimum atomic E-state index is -0.908. The molecule has 152 valence electrons. The SMILES string of the molecule is C[C@H](O)C(Cc1ccccc1)c1cc(O)c(C(c2ccccc2)[C@H](C)O)c(=O)o1. The van der Waals surface area contributed by atoms with Crippen LogP contribution in [0.4, 0.5) is 0 Å². The van der Waals surface area contributed by atoms with E-state index in [0.717, 1.165) is 5.56 Å². The van der Waals surface area contributed by atoms with E-state index in [1.807, 2.05) is 36.4 Å². The molecule has 0 spiro atoms. The summed E-state index contributed by atoms with van der Waals surface area (Å²) in [6.07, 6.45) is -1.24. The molecule has 0 bridgehead atoms. The molecule has 0 amide bonds. The minimum Gasteiger partial charge on any atom is -0.507 e. The van der Waals surface area contributed by atoms with Crippen LogP contribution in [0.1, 0.15) is 48.1 Å². The fraction of sp³-hybridized carbons (Fsp3) is 0.292. The van der Waals surface area contributed by atoms with Gasteiger partial charge in [-0.2, -0.15) is 0 Å². The van der Waals surface area contributed by atoms with Gasteiger partial charge < -0.3 is 19.7 Å². The predicted octanol–water partition coefficient (Wildman–Crippen LogP) is 3.57. The quantitative estimate of drug-likeness (QED) is 0.570. The van der Waals surface area contributed by atoms with Crippen molar-refractivity contribution in [2.75, 3.05) is 0 Å². The van der Waals surface area contributed by atoms with Crippen LogP contribution < -0.4 is 5.63 Å². The number of aliphatic hydroxyl groups excluding tert-OH is 2. The van der Waals surface area contributed by atoms with Gasteiger partial charge in [-0.1, -0.05) is 60.7 Å². The first-order valence-corrected chi connectivity index (χ1v) is 9.70. The van der Waals surface area contributed by atoms with Crippen molar-refractivity contribution in [3.8, 4) is 5.75 Å². The molecular weight excluding hydrogens is 368 g/mol. The molecule has 0 aliphatic heterocycles. The molecule has 2 unspecified atom stereocenters. The number of aromatic hydroxyl groups is 1. The second kappa shape index (κ2) is 9.07. The van der Waals surface area contributed by atoms with Gasteiger partial charge in [0, 0.05) is 17.9 Å². The highest BCUT2D eigenvalue weighted by molar-refractivity contribution is 5.41. The van der Waals surface area contributed by atoms with E-state index in [-0.39, 0.29) is 17.1 Å². The van der Waals surface area contributed by atoms with Crippen LogP contribution in [-0.2, 0) is 6.42 Å². The summed E-state index contributed by atoms with van der Waals surface area (Å²) in [5.74, 6) is -1.25. The Bertz CT molecular complexity index is 977. The number of rotatable bonds is 7. The Balaban J connectivity index is 2.02. The lowest BCUT2D eigenvalue weighted by molar-refractivity contribution is 0.146. The van der Waals surface area contributed by atoms with Crippen molar-refractivity contribution >= 4 is 0 Å². The molecule has 0 aliphatic rings. The molecule has 2 aromatic carbocycles. The predicted molar refractivity (Wildman–Crippen MR) is 111 cm³/mol. The maximum atomic E-state index is 12.8. The Hall–Kier alpha value is -2.89. The Kier molecular flexibility index (Phi) is 6.52. The molecule has 0 saturated carbocycles. The smallest absolute Gasteiger partial charge is 0.343 e. The highest BCUT2D eigenvalue weighted by Crippen LogP contribution is 2.34. The average Bonchev–Trinajstić information content (AvgIpc) is 2.69. The highest BCUT2D eigenvalue weighted by atomic mass is 16.4. The van der Waals surface area contributed by atoms with Crippen molar-refractivity contribution in [1.82, 2.24) is 0 Å². The second-order valence-corrected chi connectivity index (χ2v) is 7.40. The lowest BCUT2D eigenvalue weighted by Gasteiger charge is -2.23. The van der Waals surface area contributed by atoms with E-state index in [2.05, 4.69) is 0 Å². The van der Waals surface area contributed by atoms with Crippen molar-refractivity contribution < 1.29 is 19.7 Å². The molecular formula is C24H26O5. The van der Waals surface area contributed by atoms with Gasteiger partial charge in [-0.15, -0.1) is 0 Å². The van der Waals surface area contributed by atoms with Gasteiger partial charge in [-0.05, 0) is 31.4 Å². The number of hydrogen-bond acceptors (Lipinski definition) is 5. The van der Waals surface area contributed by atoms with Gasteiger partial charge >= 0.3 is 5.63 Å². The van der Waals surface area contributed by atoms with Gasteiger partial charge in [0.2, 0.25) is 0 Å². The van der Waals surface area contributed by atoms with Gasteiger partial charge in [0.15, 0.2) is 0 Å². The van der Waals surface area contributed by atoms with E-state index in [9.17, 15) is 20.1 Å². The van der Waals surface area contributed by atoms with Gasteiger partial charge in [0.25, 0.3) is 0 Å². The molecule has 0 radical (unpaired) electrons. The highest BCUT2D eigenvalue weighted by Gasteiger charge is 2.29.